The van der Waals surface area contributed by atoms with Crippen molar-refractivity contribution in [2.45, 2.75) is 23.8 Å². The van der Waals surface area contributed by atoms with Gasteiger partial charge in [-0.05, 0) is 43.2 Å². The Kier molecular flexibility index (Phi) is 4.53. The van der Waals surface area contributed by atoms with E-state index in [4.69, 9.17) is 0 Å². The van der Waals surface area contributed by atoms with Crippen molar-refractivity contribution in [3.05, 3.63) is 48.5 Å². The highest BCUT2D eigenvalue weighted by Gasteiger charge is 2.25. The summed E-state index contributed by atoms with van der Waals surface area (Å²) >= 11 is 0. The fraction of sp³-hybridized carbons (Fsp3) is 0.333. The molecule has 8 heteroatoms. The van der Waals surface area contributed by atoms with Gasteiger partial charge in [0.15, 0.2) is 0 Å². The van der Waals surface area contributed by atoms with E-state index < -0.39 is 15.8 Å². The summed E-state index contributed by atoms with van der Waals surface area (Å²) in [5.41, 5.74) is 0. The number of nitrogens with one attached hydrogen (secondary N) is 1. The summed E-state index contributed by atoms with van der Waals surface area (Å²) in [4.78, 5) is 10.5. The Morgan fingerprint density at radius 3 is 2.30 bits per heavy atom. The largest absolute Gasteiger partial charge is 0.341 e. The van der Waals surface area contributed by atoms with Crippen molar-refractivity contribution in [3.63, 3.8) is 0 Å². The molecule has 2 heterocycles. The first-order chi connectivity index (χ1) is 11.0. The Morgan fingerprint density at radius 2 is 1.70 bits per heavy atom. The van der Waals surface area contributed by atoms with Gasteiger partial charge in [-0.2, -0.15) is 0 Å². The molecule has 1 aromatic heterocycles. The molecule has 0 saturated carbocycles. The third kappa shape index (κ3) is 3.83. The molecule has 122 valence electrons. The van der Waals surface area contributed by atoms with Crippen molar-refractivity contribution in [3.8, 4) is 0 Å². The van der Waals surface area contributed by atoms with Gasteiger partial charge in [-0.15, -0.1) is 0 Å². The molecule has 23 heavy (non-hydrogen) atoms. The summed E-state index contributed by atoms with van der Waals surface area (Å²) in [5, 5.41) is 0. The molecule has 1 N–H and O–H groups in total. The standard InChI is InChI=1S/C15H17FN4O2S/c16-12-2-4-14(5-3-12)23(21,22)19-13-6-10-20(11-7-13)15-17-8-1-9-18-15/h1-5,8-9,13,19H,6-7,10-11H2. The van der Waals surface area contributed by atoms with E-state index in [0.29, 0.717) is 31.9 Å². The minimum Gasteiger partial charge on any atom is -0.341 e. The predicted octanol–water partition coefficient (Wildman–Crippen LogP) is 1.56. The van der Waals surface area contributed by atoms with Gasteiger partial charge >= 0.3 is 0 Å². The molecule has 0 amide bonds. The van der Waals surface area contributed by atoms with Gasteiger partial charge in [0, 0.05) is 31.5 Å². The van der Waals surface area contributed by atoms with Crippen molar-refractivity contribution in [2.24, 2.45) is 0 Å². The van der Waals surface area contributed by atoms with E-state index in [1.54, 1.807) is 18.5 Å². The number of sulfonamides is 1. The maximum Gasteiger partial charge on any atom is 0.240 e. The SMILES string of the molecule is O=S(=O)(NC1CCN(c2ncccn2)CC1)c1ccc(F)cc1. The molecule has 0 radical (unpaired) electrons. The zero-order valence-electron chi connectivity index (χ0n) is 12.4. The highest BCUT2D eigenvalue weighted by molar-refractivity contribution is 7.89. The summed E-state index contributed by atoms with van der Waals surface area (Å²) < 4.78 is 40.2. The molecule has 2 aromatic rings. The van der Waals surface area contributed by atoms with Crippen molar-refractivity contribution < 1.29 is 12.8 Å². The van der Waals surface area contributed by atoms with E-state index in [2.05, 4.69) is 14.7 Å². The third-order valence-electron chi connectivity index (χ3n) is 3.78. The first kappa shape index (κ1) is 15.8. The van der Waals surface area contributed by atoms with E-state index in [0.717, 1.165) is 12.1 Å². The molecule has 1 fully saturated rings. The van der Waals surface area contributed by atoms with Gasteiger partial charge in [-0.25, -0.2) is 27.5 Å². The lowest BCUT2D eigenvalue weighted by atomic mass is 10.1. The van der Waals surface area contributed by atoms with Crippen LogP contribution in [0.15, 0.2) is 47.6 Å². The van der Waals surface area contributed by atoms with Gasteiger partial charge in [-0.3, -0.25) is 0 Å². The van der Waals surface area contributed by atoms with Gasteiger partial charge in [0.25, 0.3) is 0 Å². The van der Waals surface area contributed by atoms with E-state index in [1.165, 1.54) is 12.1 Å². The van der Waals surface area contributed by atoms with Crippen molar-refractivity contribution in [1.82, 2.24) is 14.7 Å². The fourth-order valence-electron chi connectivity index (χ4n) is 2.55. The normalized spacial score (nSPS) is 16.5. The molecule has 0 spiro atoms. The van der Waals surface area contributed by atoms with Gasteiger partial charge in [0.05, 0.1) is 4.90 Å². The zero-order chi connectivity index (χ0) is 16.3. The molecule has 1 saturated heterocycles. The molecule has 0 bridgehead atoms. The van der Waals surface area contributed by atoms with Crippen LogP contribution < -0.4 is 9.62 Å². The summed E-state index contributed by atoms with van der Waals surface area (Å²) in [7, 11) is -3.63. The minimum absolute atomic E-state index is 0.0766. The van der Waals surface area contributed by atoms with Gasteiger partial charge in [0.2, 0.25) is 16.0 Å². The van der Waals surface area contributed by atoms with Crippen molar-refractivity contribution >= 4 is 16.0 Å². The van der Waals surface area contributed by atoms with E-state index >= 15 is 0 Å². The lowest BCUT2D eigenvalue weighted by Crippen LogP contribution is -2.45. The number of hydrogen-bond donors (Lipinski definition) is 1. The van der Waals surface area contributed by atoms with Crippen LogP contribution in [-0.2, 0) is 10.0 Å². The topological polar surface area (TPSA) is 75.2 Å². The van der Waals surface area contributed by atoms with Crippen LogP contribution >= 0.6 is 0 Å². The number of hydrogen-bond acceptors (Lipinski definition) is 5. The molecule has 0 aliphatic carbocycles. The van der Waals surface area contributed by atoms with Crippen LogP contribution in [0, 0.1) is 5.82 Å². The molecule has 6 nitrogen and oxygen atoms in total. The number of rotatable bonds is 4. The smallest absolute Gasteiger partial charge is 0.240 e. The molecular weight excluding hydrogens is 319 g/mol. The Morgan fingerprint density at radius 1 is 1.09 bits per heavy atom. The van der Waals surface area contributed by atoms with Crippen LogP contribution in [0.1, 0.15) is 12.8 Å². The Balaban J connectivity index is 1.61. The molecular formula is C15H17FN4O2S. The molecule has 0 atom stereocenters. The molecule has 1 aliphatic heterocycles. The summed E-state index contributed by atoms with van der Waals surface area (Å²) in [6.45, 7) is 1.36. The minimum atomic E-state index is -3.63. The number of benzene rings is 1. The molecule has 3 rings (SSSR count). The molecule has 0 unspecified atom stereocenters. The highest BCUT2D eigenvalue weighted by Crippen LogP contribution is 2.18. The maximum atomic E-state index is 12.9. The van der Waals surface area contributed by atoms with Gasteiger partial charge in [-0.1, -0.05) is 0 Å². The molecule has 1 aromatic carbocycles. The van der Waals surface area contributed by atoms with E-state index in [9.17, 15) is 12.8 Å². The van der Waals surface area contributed by atoms with Crippen LogP contribution in [0.2, 0.25) is 0 Å². The lowest BCUT2D eigenvalue weighted by Gasteiger charge is -2.32. The van der Waals surface area contributed by atoms with Crippen LogP contribution in [0.4, 0.5) is 10.3 Å². The maximum absolute atomic E-state index is 12.9. The van der Waals surface area contributed by atoms with Gasteiger partial charge in [0.1, 0.15) is 5.82 Å². The first-order valence-electron chi connectivity index (χ1n) is 7.34. The quantitative estimate of drug-likeness (QED) is 0.917. The summed E-state index contributed by atoms with van der Waals surface area (Å²) in [5.74, 6) is 0.201. The number of halogens is 1. The Bertz CT molecular complexity index is 745. The van der Waals surface area contributed by atoms with Crippen LogP contribution in [0.25, 0.3) is 0 Å². The molecule has 1 aliphatic rings. The second-order valence-corrected chi connectivity index (χ2v) is 7.10. The monoisotopic (exact) mass is 336 g/mol. The summed E-state index contributed by atoms with van der Waals surface area (Å²) in [6.07, 6.45) is 4.70. The average molecular weight is 336 g/mol. The third-order valence-corrected chi connectivity index (χ3v) is 5.31. The first-order valence-corrected chi connectivity index (χ1v) is 8.83. The second kappa shape index (κ2) is 6.59. The van der Waals surface area contributed by atoms with Crippen molar-refractivity contribution in [2.75, 3.05) is 18.0 Å². The fourth-order valence-corrected chi connectivity index (χ4v) is 3.86. The average Bonchev–Trinajstić information content (AvgIpc) is 2.56. The number of piperidine rings is 1. The Labute approximate surface area is 134 Å². The number of aromatic nitrogens is 2. The van der Waals surface area contributed by atoms with Crippen LogP contribution in [-0.4, -0.2) is 37.5 Å². The Hall–Kier alpha value is -2.06. The number of nitrogens with zero attached hydrogens (tertiary/aromatic N) is 3. The number of anilines is 1. The van der Waals surface area contributed by atoms with E-state index in [1.807, 2.05) is 4.90 Å². The van der Waals surface area contributed by atoms with Crippen LogP contribution in [0.3, 0.4) is 0 Å². The summed E-state index contributed by atoms with van der Waals surface area (Å²) in [6, 6.07) is 6.43. The van der Waals surface area contributed by atoms with Crippen molar-refractivity contribution in [1.29, 1.82) is 0 Å². The highest BCUT2D eigenvalue weighted by atomic mass is 32.2. The zero-order valence-corrected chi connectivity index (χ0v) is 13.2. The van der Waals surface area contributed by atoms with Gasteiger partial charge < -0.3 is 4.90 Å². The lowest BCUT2D eigenvalue weighted by molar-refractivity contribution is 0.456. The predicted molar refractivity (Wildman–Crippen MR) is 84.0 cm³/mol. The second-order valence-electron chi connectivity index (χ2n) is 5.39. The van der Waals surface area contributed by atoms with Crippen LogP contribution in [0.5, 0.6) is 0 Å². The van der Waals surface area contributed by atoms with E-state index in [-0.39, 0.29) is 10.9 Å².